The van der Waals surface area contributed by atoms with Crippen LogP contribution in [0.5, 0.6) is 5.75 Å². The fraction of sp³-hybridized carbons (Fsp3) is 0.440. The predicted octanol–water partition coefficient (Wildman–Crippen LogP) is 5.14. The number of carbonyl (C=O) groups excluding carboxylic acids is 2. The van der Waals surface area contributed by atoms with Crippen LogP contribution in [0.2, 0.25) is 15.1 Å². The second-order valence-electron chi connectivity index (χ2n) is 8.55. The first-order chi connectivity index (χ1) is 17.3. The Bertz CT molecular complexity index is 1210. The minimum absolute atomic E-state index is 0.0925. The Morgan fingerprint density at radius 3 is 2.14 bits per heavy atom. The van der Waals surface area contributed by atoms with Gasteiger partial charge in [-0.25, -0.2) is 8.42 Å². The summed E-state index contributed by atoms with van der Waals surface area (Å²) in [5.74, 6) is -0.612. The van der Waals surface area contributed by atoms with Crippen LogP contribution in [-0.2, 0) is 26.2 Å². The van der Waals surface area contributed by atoms with Crippen molar-refractivity contribution in [3.8, 4) is 5.75 Å². The van der Waals surface area contributed by atoms with Crippen molar-refractivity contribution in [2.24, 2.45) is 0 Å². The number of benzene rings is 2. The SMILES string of the molecule is CC[C@H](C(=O)N[C@@H](C)CC)N(Cc1c(Cl)cccc1Cl)C(=O)CN(c1ccc(OC)c(Cl)c1)S(C)(=O)=O. The molecular weight excluding hydrogens is 561 g/mol. The van der Waals surface area contributed by atoms with E-state index < -0.39 is 28.5 Å². The number of hydrogen-bond acceptors (Lipinski definition) is 5. The molecule has 2 atom stereocenters. The lowest BCUT2D eigenvalue weighted by molar-refractivity contribution is -0.140. The summed E-state index contributed by atoms with van der Waals surface area (Å²) in [5.41, 5.74) is 0.627. The number of methoxy groups -OCH3 is 1. The second-order valence-corrected chi connectivity index (χ2v) is 11.7. The maximum Gasteiger partial charge on any atom is 0.244 e. The molecule has 0 bridgehead atoms. The first kappa shape index (κ1) is 31.0. The van der Waals surface area contributed by atoms with E-state index >= 15 is 0 Å². The molecule has 2 aromatic rings. The highest BCUT2D eigenvalue weighted by Gasteiger charge is 2.33. The van der Waals surface area contributed by atoms with Gasteiger partial charge in [0.05, 0.1) is 24.1 Å². The van der Waals surface area contributed by atoms with Gasteiger partial charge >= 0.3 is 0 Å². The van der Waals surface area contributed by atoms with E-state index in [1.165, 1.54) is 30.2 Å². The second kappa shape index (κ2) is 13.6. The summed E-state index contributed by atoms with van der Waals surface area (Å²) in [6.07, 6.45) is 1.97. The number of hydrogen-bond donors (Lipinski definition) is 1. The zero-order valence-electron chi connectivity index (χ0n) is 21.4. The summed E-state index contributed by atoms with van der Waals surface area (Å²) in [7, 11) is -2.48. The highest BCUT2D eigenvalue weighted by atomic mass is 35.5. The van der Waals surface area contributed by atoms with E-state index in [1.807, 2.05) is 13.8 Å². The van der Waals surface area contributed by atoms with Crippen molar-refractivity contribution in [3.63, 3.8) is 0 Å². The van der Waals surface area contributed by atoms with Crippen LogP contribution in [0.1, 0.15) is 39.2 Å². The molecule has 0 saturated heterocycles. The van der Waals surface area contributed by atoms with E-state index in [0.717, 1.165) is 10.6 Å². The van der Waals surface area contributed by atoms with Gasteiger partial charge in [0.2, 0.25) is 21.8 Å². The van der Waals surface area contributed by atoms with Gasteiger partial charge in [0.25, 0.3) is 0 Å². The number of amides is 2. The van der Waals surface area contributed by atoms with Crippen molar-refractivity contribution < 1.29 is 22.7 Å². The van der Waals surface area contributed by atoms with Gasteiger partial charge in [0, 0.05) is 28.2 Å². The van der Waals surface area contributed by atoms with Crippen molar-refractivity contribution in [1.82, 2.24) is 10.2 Å². The van der Waals surface area contributed by atoms with Crippen molar-refractivity contribution >= 4 is 62.3 Å². The molecule has 0 saturated carbocycles. The number of halogens is 3. The van der Waals surface area contributed by atoms with Crippen LogP contribution in [0, 0.1) is 0 Å². The normalized spacial score (nSPS) is 13.0. The topological polar surface area (TPSA) is 96.0 Å². The number of ether oxygens (including phenoxy) is 1. The van der Waals surface area contributed by atoms with Gasteiger partial charge in [-0.2, -0.15) is 0 Å². The fourth-order valence-corrected chi connectivity index (χ4v) is 5.25. The number of rotatable bonds is 12. The van der Waals surface area contributed by atoms with E-state index in [0.29, 0.717) is 27.8 Å². The van der Waals surface area contributed by atoms with Crippen LogP contribution in [0.4, 0.5) is 5.69 Å². The molecule has 0 fully saturated rings. The van der Waals surface area contributed by atoms with Gasteiger partial charge < -0.3 is 15.0 Å². The Morgan fingerprint density at radius 2 is 1.65 bits per heavy atom. The Hall–Kier alpha value is -2.20. The van der Waals surface area contributed by atoms with E-state index in [2.05, 4.69) is 5.32 Å². The number of carbonyl (C=O) groups is 2. The third-order valence-corrected chi connectivity index (χ3v) is 8.02. The van der Waals surface area contributed by atoms with Crippen LogP contribution < -0.4 is 14.4 Å². The van der Waals surface area contributed by atoms with Crippen LogP contribution in [0.3, 0.4) is 0 Å². The van der Waals surface area contributed by atoms with Crippen LogP contribution >= 0.6 is 34.8 Å². The van der Waals surface area contributed by atoms with Crippen LogP contribution in [0.15, 0.2) is 36.4 Å². The third-order valence-electron chi connectivity index (χ3n) is 5.88. The van der Waals surface area contributed by atoms with E-state index in [4.69, 9.17) is 39.5 Å². The number of nitrogens with one attached hydrogen (secondary N) is 1. The minimum atomic E-state index is -3.91. The lowest BCUT2D eigenvalue weighted by atomic mass is 10.1. The van der Waals surface area contributed by atoms with Gasteiger partial charge in [-0.1, -0.05) is 54.7 Å². The molecule has 12 heteroatoms. The highest BCUT2D eigenvalue weighted by molar-refractivity contribution is 7.92. The van der Waals surface area contributed by atoms with Crippen molar-refractivity contribution in [2.45, 2.75) is 52.2 Å². The smallest absolute Gasteiger partial charge is 0.244 e. The first-order valence-corrected chi connectivity index (χ1v) is 14.7. The molecule has 0 heterocycles. The number of anilines is 1. The van der Waals surface area contributed by atoms with Gasteiger partial charge in [-0.05, 0) is 50.1 Å². The summed E-state index contributed by atoms with van der Waals surface area (Å²) in [5, 5.41) is 3.73. The largest absolute Gasteiger partial charge is 0.495 e. The molecule has 2 amide bonds. The van der Waals surface area contributed by atoms with Crippen molar-refractivity contribution in [2.75, 3.05) is 24.2 Å². The van der Waals surface area contributed by atoms with Gasteiger partial charge in [-0.3, -0.25) is 13.9 Å². The summed E-state index contributed by atoms with van der Waals surface area (Å²) in [4.78, 5) is 28.3. The highest BCUT2D eigenvalue weighted by Crippen LogP contribution is 2.31. The zero-order valence-corrected chi connectivity index (χ0v) is 24.5. The molecule has 204 valence electrons. The monoisotopic (exact) mass is 591 g/mol. The summed E-state index contributed by atoms with van der Waals surface area (Å²) in [6.45, 7) is 4.90. The Labute approximate surface area is 233 Å². The molecule has 0 aliphatic rings. The minimum Gasteiger partial charge on any atom is -0.495 e. The molecule has 2 aromatic carbocycles. The molecule has 0 unspecified atom stereocenters. The van der Waals surface area contributed by atoms with Gasteiger partial charge in [0.15, 0.2) is 0 Å². The Morgan fingerprint density at radius 1 is 1.03 bits per heavy atom. The molecule has 1 N–H and O–H groups in total. The van der Waals surface area contributed by atoms with Crippen molar-refractivity contribution in [3.05, 3.63) is 57.0 Å². The number of sulfonamides is 1. The summed E-state index contributed by atoms with van der Waals surface area (Å²) >= 11 is 19.0. The molecule has 2 rings (SSSR count). The molecule has 0 radical (unpaired) electrons. The quantitative estimate of drug-likeness (QED) is 0.368. The molecule has 0 aliphatic carbocycles. The maximum atomic E-state index is 13.8. The molecule has 0 aromatic heterocycles. The molecule has 0 aliphatic heterocycles. The van der Waals surface area contributed by atoms with Gasteiger partial charge in [0.1, 0.15) is 18.3 Å². The third kappa shape index (κ3) is 8.14. The average molecular weight is 593 g/mol. The van der Waals surface area contributed by atoms with E-state index in [9.17, 15) is 18.0 Å². The maximum absolute atomic E-state index is 13.8. The lowest BCUT2D eigenvalue weighted by Gasteiger charge is -2.33. The van der Waals surface area contributed by atoms with Crippen LogP contribution in [0.25, 0.3) is 0 Å². The number of nitrogens with zero attached hydrogens (tertiary/aromatic N) is 2. The predicted molar refractivity (Wildman–Crippen MR) is 149 cm³/mol. The standard InChI is InChI=1S/C25H32Cl3N3O5S/c1-6-16(3)29-25(33)22(7-2)30(14-18-19(26)9-8-10-20(18)27)24(32)15-31(37(5,34)35)17-11-12-23(36-4)21(28)13-17/h8-13,16,22H,6-7,14-15H2,1-5H3,(H,29,33)/t16-,22+/m0/s1. The lowest BCUT2D eigenvalue weighted by Crippen LogP contribution is -2.53. The first-order valence-electron chi connectivity index (χ1n) is 11.7. The van der Waals surface area contributed by atoms with E-state index in [1.54, 1.807) is 25.1 Å². The van der Waals surface area contributed by atoms with E-state index in [-0.39, 0.29) is 35.6 Å². The molecule has 0 spiro atoms. The zero-order chi connectivity index (χ0) is 27.9. The molecule has 37 heavy (non-hydrogen) atoms. The van der Waals surface area contributed by atoms with Gasteiger partial charge in [-0.15, -0.1) is 0 Å². The Kier molecular flexibility index (Phi) is 11.4. The summed E-state index contributed by atoms with van der Waals surface area (Å²) < 4.78 is 31.6. The average Bonchev–Trinajstić information content (AvgIpc) is 2.83. The van der Waals surface area contributed by atoms with Crippen molar-refractivity contribution in [1.29, 1.82) is 0 Å². The molecular formula is C25H32Cl3N3O5S. The van der Waals surface area contributed by atoms with Crippen LogP contribution in [-0.4, -0.2) is 57.1 Å². The fourth-order valence-electron chi connectivity index (χ4n) is 3.64. The summed E-state index contributed by atoms with van der Waals surface area (Å²) in [6, 6.07) is 8.33. The molecule has 8 nitrogen and oxygen atoms in total. The Balaban J connectivity index is 2.53.